The lowest BCUT2D eigenvalue weighted by molar-refractivity contribution is -0.385. The quantitative estimate of drug-likeness (QED) is 0.431. The van der Waals surface area contributed by atoms with Crippen LogP contribution in [0.2, 0.25) is 0 Å². The van der Waals surface area contributed by atoms with Crippen molar-refractivity contribution >= 4 is 28.2 Å². The summed E-state index contributed by atoms with van der Waals surface area (Å²) in [4.78, 5) is 42.3. The molecule has 0 radical (unpaired) electrons. The number of nitrogens with one attached hydrogen (secondary N) is 1. The van der Waals surface area contributed by atoms with Crippen LogP contribution in [-0.4, -0.2) is 63.3 Å². The molecule has 33 heavy (non-hydrogen) atoms. The highest BCUT2D eigenvalue weighted by atomic mass is 16.6. The fourth-order valence-electron chi connectivity index (χ4n) is 4.41. The molecule has 3 aromatic rings. The summed E-state index contributed by atoms with van der Waals surface area (Å²) in [6.07, 6.45) is 1.85. The molecule has 10 heteroatoms. The summed E-state index contributed by atoms with van der Waals surface area (Å²) in [5, 5.41) is 23.3. The molecule has 4 rings (SSSR count). The van der Waals surface area contributed by atoms with Gasteiger partial charge in [-0.3, -0.25) is 25.0 Å². The van der Waals surface area contributed by atoms with Crippen molar-refractivity contribution in [3.05, 3.63) is 80.0 Å². The average molecular weight is 451 g/mol. The number of benzene rings is 2. The molecule has 1 N–H and O–H groups in total. The molecule has 1 atom stereocenters. The van der Waals surface area contributed by atoms with Gasteiger partial charge in [0.05, 0.1) is 9.85 Å². The van der Waals surface area contributed by atoms with E-state index in [0.29, 0.717) is 35.1 Å². The molecule has 1 aliphatic heterocycles. The number of non-ortho nitro benzene ring substituents is 2. The van der Waals surface area contributed by atoms with Gasteiger partial charge in [0.2, 0.25) is 5.91 Å². The second-order valence-electron chi connectivity index (χ2n) is 8.15. The molecule has 0 aliphatic carbocycles. The molecule has 10 nitrogen and oxygen atoms in total. The van der Waals surface area contributed by atoms with Gasteiger partial charge in [-0.05, 0) is 23.7 Å². The minimum Gasteiger partial charge on any atom is -0.361 e. The number of nitro groups is 2. The second-order valence-corrected chi connectivity index (χ2v) is 8.15. The Labute approximate surface area is 190 Å². The summed E-state index contributed by atoms with van der Waals surface area (Å²) < 4.78 is 0. The fourth-order valence-corrected chi connectivity index (χ4v) is 4.41. The maximum absolute atomic E-state index is 13.3. The highest BCUT2D eigenvalue weighted by Gasteiger charge is 2.28. The number of nitrogens with zero attached hydrogens (tertiary/aromatic N) is 4. The van der Waals surface area contributed by atoms with Gasteiger partial charge < -0.3 is 14.8 Å². The Balaban J connectivity index is 1.72. The number of nitro benzene ring substituents is 2. The van der Waals surface area contributed by atoms with Gasteiger partial charge in [-0.15, -0.1) is 0 Å². The van der Waals surface area contributed by atoms with Crippen molar-refractivity contribution in [1.29, 1.82) is 0 Å². The molecule has 1 aromatic heterocycles. The highest BCUT2D eigenvalue weighted by Crippen LogP contribution is 2.36. The summed E-state index contributed by atoms with van der Waals surface area (Å²) in [5.74, 6) is -0.528. The summed E-state index contributed by atoms with van der Waals surface area (Å²) in [7, 11) is 0. The molecule has 1 aliphatic rings. The Hall–Kier alpha value is -3.79. The maximum Gasteiger partial charge on any atom is 0.270 e. The van der Waals surface area contributed by atoms with Crippen molar-refractivity contribution in [2.75, 3.05) is 32.7 Å². The zero-order valence-electron chi connectivity index (χ0n) is 18.3. The third-order valence-electron chi connectivity index (χ3n) is 6.32. The Kier molecular flexibility index (Phi) is 6.36. The summed E-state index contributed by atoms with van der Waals surface area (Å²) in [5.41, 5.74) is 1.91. The van der Waals surface area contributed by atoms with Crippen LogP contribution in [0, 0.1) is 20.2 Å². The number of aromatic nitrogens is 1. The van der Waals surface area contributed by atoms with Gasteiger partial charge in [0.1, 0.15) is 0 Å². The van der Waals surface area contributed by atoms with E-state index in [2.05, 4.69) is 16.8 Å². The van der Waals surface area contributed by atoms with E-state index in [0.717, 1.165) is 19.6 Å². The predicted molar refractivity (Wildman–Crippen MR) is 123 cm³/mol. The lowest BCUT2D eigenvalue weighted by atomic mass is 9.87. The Morgan fingerprint density at radius 3 is 2.39 bits per heavy atom. The number of piperazine rings is 1. The number of aromatic amines is 1. The molecule has 0 unspecified atom stereocenters. The van der Waals surface area contributed by atoms with Crippen molar-refractivity contribution in [3.63, 3.8) is 0 Å². The van der Waals surface area contributed by atoms with Gasteiger partial charge in [-0.2, -0.15) is 0 Å². The van der Waals surface area contributed by atoms with Crippen LogP contribution in [0.1, 0.15) is 30.4 Å². The van der Waals surface area contributed by atoms with Gasteiger partial charge in [-0.1, -0.05) is 19.1 Å². The number of hydrogen-bond acceptors (Lipinski definition) is 6. The molecule has 2 aromatic carbocycles. The number of H-pyrrole nitrogens is 1. The van der Waals surface area contributed by atoms with Crippen LogP contribution in [0.25, 0.3) is 10.9 Å². The fraction of sp³-hybridized carbons (Fsp3) is 0.348. The molecule has 0 bridgehead atoms. The molecule has 172 valence electrons. The molecule has 1 fully saturated rings. The molecular weight excluding hydrogens is 426 g/mol. The van der Waals surface area contributed by atoms with Crippen LogP contribution in [0.5, 0.6) is 0 Å². The summed E-state index contributed by atoms with van der Waals surface area (Å²) in [6.45, 7) is 5.91. The van der Waals surface area contributed by atoms with Crippen LogP contribution in [0.15, 0.2) is 48.7 Å². The van der Waals surface area contributed by atoms with Crippen molar-refractivity contribution in [3.8, 4) is 0 Å². The van der Waals surface area contributed by atoms with E-state index < -0.39 is 15.8 Å². The monoisotopic (exact) mass is 451 g/mol. The predicted octanol–water partition coefficient (Wildman–Crippen LogP) is 3.67. The first-order chi connectivity index (χ1) is 15.9. The van der Waals surface area contributed by atoms with E-state index in [1.807, 2.05) is 4.90 Å². The lowest BCUT2D eigenvalue weighted by Gasteiger charge is -2.34. The topological polar surface area (TPSA) is 126 Å². The molecule has 1 saturated heterocycles. The Bertz CT molecular complexity index is 1200. The van der Waals surface area contributed by atoms with E-state index in [1.165, 1.54) is 24.3 Å². The Morgan fingerprint density at radius 2 is 1.73 bits per heavy atom. The van der Waals surface area contributed by atoms with Crippen molar-refractivity contribution in [2.24, 2.45) is 0 Å². The molecular formula is C23H25N5O5. The number of hydrogen-bond donors (Lipinski definition) is 1. The normalized spacial score (nSPS) is 15.5. The minimum absolute atomic E-state index is 0.0398. The van der Waals surface area contributed by atoms with E-state index in [4.69, 9.17) is 0 Å². The largest absolute Gasteiger partial charge is 0.361 e. The van der Waals surface area contributed by atoms with E-state index in [-0.39, 0.29) is 23.7 Å². The first-order valence-electron chi connectivity index (χ1n) is 10.9. The van der Waals surface area contributed by atoms with Gasteiger partial charge in [0.25, 0.3) is 11.4 Å². The number of rotatable bonds is 7. The van der Waals surface area contributed by atoms with Crippen molar-refractivity contribution in [1.82, 2.24) is 14.8 Å². The third-order valence-corrected chi connectivity index (χ3v) is 6.32. The smallest absolute Gasteiger partial charge is 0.270 e. The van der Waals surface area contributed by atoms with E-state index >= 15 is 0 Å². The van der Waals surface area contributed by atoms with Crippen LogP contribution in [0.3, 0.4) is 0 Å². The molecule has 0 spiro atoms. The number of amides is 1. The average Bonchev–Trinajstić information content (AvgIpc) is 3.25. The van der Waals surface area contributed by atoms with E-state index in [1.54, 1.807) is 24.4 Å². The zero-order chi connectivity index (χ0) is 23.5. The standard InChI is InChI=1S/C23H25N5O5/c1-2-25-8-10-26(11-9-25)23(29)14-19(16-4-3-5-17(12-16)27(30)31)21-15-24-22-7-6-18(28(32)33)13-20(21)22/h3-7,12-13,15,19,24H,2,8-11,14H2,1H3/t19-/m0/s1. The van der Waals surface area contributed by atoms with Gasteiger partial charge in [0.15, 0.2) is 0 Å². The molecule has 1 amide bonds. The number of carbonyl (C=O) groups is 1. The SMILES string of the molecule is CCN1CCN(C(=O)C[C@@H](c2cccc([N+](=O)[O-])c2)c2c[nH]c3ccc([N+](=O)[O-])cc23)CC1. The third kappa shape index (κ3) is 4.70. The van der Waals surface area contributed by atoms with Crippen molar-refractivity contribution < 1.29 is 14.6 Å². The first-order valence-corrected chi connectivity index (χ1v) is 10.9. The van der Waals surface area contributed by atoms with Crippen LogP contribution in [-0.2, 0) is 4.79 Å². The Morgan fingerprint density at radius 1 is 1.03 bits per heavy atom. The second kappa shape index (κ2) is 9.37. The zero-order valence-corrected chi connectivity index (χ0v) is 18.3. The summed E-state index contributed by atoms with van der Waals surface area (Å²) in [6, 6.07) is 10.8. The highest BCUT2D eigenvalue weighted by molar-refractivity contribution is 5.88. The molecule has 0 saturated carbocycles. The number of carbonyl (C=O) groups excluding carboxylic acids is 1. The number of fused-ring (bicyclic) bond motifs is 1. The number of likely N-dealkylation sites (N-methyl/N-ethyl adjacent to an activating group) is 1. The first kappa shape index (κ1) is 22.4. The minimum atomic E-state index is -0.489. The van der Waals surface area contributed by atoms with Crippen molar-refractivity contribution in [2.45, 2.75) is 19.3 Å². The van der Waals surface area contributed by atoms with Crippen LogP contribution in [0.4, 0.5) is 11.4 Å². The van der Waals surface area contributed by atoms with Gasteiger partial charge in [-0.25, -0.2) is 0 Å². The van der Waals surface area contributed by atoms with Gasteiger partial charge in [0, 0.05) is 79.9 Å². The lowest BCUT2D eigenvalue weighted by Crippen LogP contribution is -2.48. The van der Waals surface area contributed by atoms with Gasteiger partial charge >= 0.3 is 0 Å². The maximum atomic E-state index is 13.3. The van der Waals surface area contributed by atoms with Crippen LogP contribution < -0.4 is 0 Å². The van der Waals surface area contributed by atoms with Crippen LogP contribution >= 0.6 is 0 Å². The summed E-state index contributed by atoms with van der Waals surface area (Å²) >= 11 is 0. The molecule has 2 heterocycles. The van der Waals surface area contributed by atoms with E-state index in [9.17, 15) is 25.0 Å².